The summed E-state index contributed by atoms with van der Waals surface area (Å²) in [5, 5.41) is 0.990. The van der Waals surface area contributed by atoms with Gasteiger partial charge in [0.15, 0.2) is 0 Å². The molecule has 1 aliphatic rings. The van der Waals surface area contributed by atoms with Gasteiger partial charge in [-0.3, -0.25) is 4.79 Å². The van der Waals surface area contributed by atoms with Crippen molar-refractivity contribution in [2.24, 2.45) is 0 Å². The second-order valence-electron chi connectivity index (χ2n) is 8.24. The lowest BCUT2D eigenvalue weighted by Crippen LogP contribution is -2.23. The topological polar surface area (TPSA) is 51.7 Å². The quantitative estimate of drug-likeness (QED) is 0.364. The Hall–Kier alpha value is -3.86. The third-order valence-electron chi connectivity index (χ3n) is 5.98. The number of ether oxygens (including phenoxy) is 2. The Morgan fingerprint density at radius 2 is 1.73 bits per heavy atom. The molecule has 33 heavy (non-hydrogen) atoms. The first-order valence-electron chi connectivity index (χ1n) is 11.3. The summed E-state index contributed by atoms with van der Waals surface area (Å²) >= 11 is 0. The standard InChI is InChI=1S/C28H26N2O3/c1-20-26(19-32-23-12-7-11-22(17-23)30-16-8-15-27(30)31)29-25-14-6-5-13-24(25)28(20)33-18-21-9-3-2-4-10-21/h2-7,9-14,17H,8,15-16,18-19H2,1H3. The first-order valence-corrected chi connectivity index (χ1v) is 11.3. The lowest BCUT2D eigenvalue weighted by molar-refractivity contribution is -0.117. The summed E-state index contributed by atoms with van der Waals surface area (Å²) in [6.45, 7) is 3.59. The first-order chi connectivity index (χ1) is 16.2. The monoisotopic (exact) mass is 438 g/mol. The lowest BCUT2D eigenvalue weighted by Gasteiger charge is -2.18. The average Bonchev–Trinajstić information content (AvgIpc) is 3.29. The van der Waals surface area contributed by atoms with Crippen molar-refractivity contribution < 1.29 is 14.3 Å². The van der Waals surface area contributed by atoms with E-state index in [1.165, 1.54) is 0 Å². The van der Waals surface area contributed by atoms with Crippen molar-refractivity contribution >= 4 is 22.5 Å². The number of fused-ring (bicyclic) bond motifs is 1. The molecule has 166 valence electrons. The summed E-state index contributed by atoms with van der Waals surface area (Å²) < 4.78 is 12.4. The molecule has 1 amide bonds. The number of benzene rings is 3. The van der Waals surface area contributed by atoms with Crippen molar-refractivity contribution in [3.05, 3.63) is 95.7 Å². The Labute approximate surface area is 193 Å². The van der Waals surface area contributed by atoms with E-state index >= 15 is 0 Å². The van der Waals surface area contributed by atoms with Crippen LogP contribution < -0.4 is 14.4 Å². The fourth-order valence-electron chi connectivity index (χ4n) is 4.20. The number of carbonyl (C=O) groups is 1. The SMILES string of the molecule is Cc1c(COc2cccc(N3CCCC3=O)c2)nc2ccccc2c1OCc1ccccc1. The highest BCUT2D eigenvalue weighted by Crippen LogP contribution is 2.32. The molecule has 4 aromatic rings. The summed E-state index contributed by atoms with van der Waals surface area (Å²) in [6, 6.07) is 25.9. The zero-order valence-corrected chi connectivity index (χ0v) is 18.7. The van der Waals surface area contributed by atoms with Crippen LogP contribution in [0.15, 0.2) is 78.9 Å². The van der Waals surface area contributed by atoms with Crippen molar-refractivity contribution in [3.8, 4) is 11.5 Å². The molecule has 0 aliphatic carbocycles. The number of amides is 1. The van der Waals surface area contributed by atoms with E-state index in [1.807, 2.05) is 78.6 Å². The van der Waals surface area contributed by atoms with Crippen LogP contribution in [0.2, 0.25) is 0 Å². The van der Waals surface area contributed by atoms with E-state index in [2.05, 4.69) is 12.1 Å². The minimum absolute atomic E-state index is 0.166. The zero-order valence-electron chi connectivity index (χ0n) is 18.7. The molecule has 2 heterocycles. The molecule has 0 N–H and O–H groups in total. The highest BCUT2D eigenvalue weighted by molar-refractivity contribution is 5.95. The van der Waals surface area contributed by atoms with Crippen molar-refractivity contribution in [2.45, 2.75) is 33.0 Å². The van der Waals surface area contributed by atoms with Crippen LogP contribution in [-0.2, 0) is 18.0 Å². The van der Waals surface area contributed by atoms with Crippen LogP contribution in [0, 0.1) is 6.92 Å². The molecule has 5 rings (SSSR count). The van der Waals surface area contributed by atoms with Gasteiger partial charge in [0.05, 0.1) is 11.2 Å². The minimum atomic E-state index is 0.166. The second kappa shape index (κ2) is 9.33. The maximum Gasteiger partial charge on any atom is 0.227 e. The molecule has 1 saturated heterocycles. The van der Waals surface area contributed by atoms with Gasteiger partial charge in [0, 0.05) is 35.7 Å². The van der Waals surface area contributed by atoms with Crippen molar-refractivity contribution in [2.75, 3.05) is 11.4 Å². The molecule has 0 unspecified atom stereocenters. The fraction of sp³-hybridized carbons (Fsp3) is 0.214. The first kappa shape index (κ1) is 21.0. The normalized spacial score (nSPS) is 13.5. The Morgan fingerprint density at radius 3 is 2.55 bits per heavy atom. The molecular weight excluding hydrogens is 412 g/mol. The van der Waals surface area contributed by atoms with Crippen LogP contribution in [0.25, 0.3) is 10.9 Å². The van der Waals surface area contributed by atoms with Crippen molar-refractivity contribution in [1.82, 2.24) is 4.98 Å². The number of anilines is 1. The molecule has 5 nitrogen and oxygen atoms in total. The molecule has 5 heteroatoms. The van der Waals surface area contributed by atoms with Gasteiger partial charge in [-0.25, -0.2) is 4.98 Å². The van der Waals surface area contributed by atoms with E-state index in [0.29, 0.717) is 25.4 Å². The Kier molecular flexibility index (Phi) is 5.94. The third-order valence-corrected chi connectivity index (χ3v) is 5.98. The number of aromatic nitrogens is 1. The van der Waals surface area contributed by atoms with Gasteiger partial charge in [0.2, 0.25) is 5.91 Å². The van der Waals surface area contributed by atoms with Crippen LogP contribution in [0.1, 0.15) is 29.7 Å². The molecule has 1 aliphatic heterocycles. The Bertz CT molecular complexity index is 1290. The summed E-state index contributed by atoms with van der Waals surface area (Å²) in [5.41, 5.74) is 4.67. The molecular formula is C28H26N2O3. The largest absolute Gasteiger partial charge is 0.488 e. The number of carbonyl (C=O) groups excluding carboxylic acids is 1. The molecule has 0 radical (unpaired) electrons. The van der Waals surface area contributed by atoms with Crippen LogP contribution in [0.3, 0.4) is 0 Å². The third kappa shape index (κ3) is 4.53. The minimum Gasteiger partial charge on any atom is -0.488 e. The second-order valence-corrected chi connectivity index (χ2v) is 8.24. The number of hydrogen-bond donors (Lipinski definition) is 0. The summed E-state index contributed by atoms with van der Waals surface area (Å²) in [4.78, 5) is 18.8. The molecule has 1 aromatic heterocycles. The smallest absolute Gasteiger partial charge is 0.227 e. The van der Waals surface area contributed by atoms with E-state index in [0.717, 1.165) is 52.1 Å². The number of hydrogen-bond acceptors (Lipinski definition) is 4. The number of rotatable bonds is 7. The molecule has 0 bridgehead atoms. The van der Waals surface area contributed by atoms with Crippen molar-refractivity contribution in [1.29, 1.82) is 0 Å². The van der Waals surface area contributed by atoms with Gasteiger partial charge in [0.1, 0.15) is 24.7 Å². The van der Waals surface area contributed by atoms with E-state index < -0.39 is 0 Å². The van der Waals surface area contributed by atoms with Gasteiger partial charge >= 0.3 is 0 Å². The Morgan fingerprint density at radius 1 is 0.909 bits per heavy atom. The zero-order chi connectivity index (χ0) is 22.6. The van der Waals surface area contributed by atoms with Gasteiger partial charge in [-0.1, -0.05) is 48.5 Å². The predicted molar refractivity (Wildman–Crippen MR) is 130 cm³/mol. The summed E-state index contributed by atoms with van der Waals surface area (Å²) in [5.74, 6) is 1.71. The molecule has 0 spiro atoms. The van der Waals surface area contributed by atoms with Crippen molar-refractivity contribution in [3.63, 3.8) is 0 Å². The maximum absolute atomic E-state index is 12.1. The summed E-state index contributed by atoms with van der Waals surface area (Å²) in [7, 11) is 0. The van der Waals surface area contributed by atoms with Gasteiger partial charge < -0.3 is 14.4 Å². The average molecular weight is 439 g/mol. The van der Waals surface area contributed by atoms with Crippen LogP contribution in [-0.4, -0.2) is 17.4 Å². The molecule has 0 saturated carbocycles. The fourth-order valence-corrected chi connectivity index (χ4v) is 4.20. The molecule has 0 atom stereocenters. The van der Waals surface area contributed by atoms with Gasteiger partial charge in [0.25, 0.3) is 0 Å². The maximum atomic E-state index is 12.1. The Balaban J connectivity index is 1.39. The van der Waals surface area contributed by atoms with Crippen LogP contribution in [0.5, 0.6) is 11.5 Å². The van der Waals surface area contributed by atoms with Gasteiger partial charge in [-0.2, -0.15) is 0 Å². The van der Waals surface area contributed by atoms with E-state index in [-0.39, 0.29) is 5.91 Å². The highest BCUT2D eigenvalue weighted by atomic mass is 16.5. The predicted octanol–water partition coefficient (Wildman–Crippen LogP) is 5.83. The van der Waals surface area contributed by atoms with Gasteiger partial charge in [-0.05, 0) is 43.2 Å². The summed E-state index contributed by atoms with van der Waals surface area (Å²) in [6.07, 6.45) is 1.51. The van der Waals surface area contributed by atoms with Crippen LogP contribution >= 0.6 is 0 Å². The lowest BCUT2D eigenvalue weighted by atomic mass is 10.1. The highest BCUT2D eigenvalue weighted by Gasteiger charge is 2.22. The molecule has 3 aromatic carbocycles. The van der Waals surface area contributed by atoms with E-state index in [9.17, 15) is 4.79 Å². The number of pyridine rings is 1. The van der Waals surface area contributed by atoms with E-state index in [4.69, 9.17) is 14.5 Å². The van der Waals surface area contributed by atoms with Crippen LogP contribution in [0.4, 0.5) is 5.69 Å². The van der Waals surface area contributed by atoms with E-state index in [1.54, 1.807) is 0 Å². The van der Waals surface area contributed by atoms with Gasteiger partial charge in [-0.15, -0.1) is 0 Å². The number of para-hydroxylation sites is 1. The molecule has 1 fully saturated rings. The number of nitrogens with zero attached hydrogens (tertiary/aromatic N) is 2.